The van der Waals surface area contributed by atoms with Crippen molar-refractivity contribution in [3.05, 3.63) is 12.2 Å². The van der Waals surface area contributed by atoms with Crippen LogP contribution >= 0.6 is 12.6 Å². The SMILES string of the molecule is CC=CC(C)CCC(C)(C)CC(C)(C)OCCC(C)(C)OC(C)(C)CC(C)(C)S. The van der Waals surface area contributed by atoms with Crippen molar-refractivity contribution >= 4 is 12.6 Å². The number of allylic oxidation sites excluding steroid dienone is 2. The van der Waals surface area contributed by atoms with Crippen LogP contribution in [-0.2, 0) is 9.47 Å². The Morgan fingerprint density at radius 1 is 0.793 bits per heavy atom. The molecule has 0 aliphatic heterocycles. The summed E-state index contributed by atoms with van der Waals surface area (Å²) in [7, 11) is 0. The van der Waals surface area contributed by atoms with Gasteiger partial charge in [-0.1, -0.05) is 46.8 Å². The van der Waals surface area contributed by atoms with E-state index in [9.17, 15) is 0 Å². The molecule has 0 aromatic heterocycles. The lowest BCUT2D eigenvalue weighted by Crippen LogP contribution is -2.41. The highest BCUT2D eigenvalue weighted by molar-refractivity contribution is 7.81. The highest BCUT2D eigenvalue weighted by Crippen LogP contribution is 2.36. The average Bonchev–Trinajstić information content (AvgIpc) is 2.39. The Kier molecular flexibility index (Phi) is 11.1. The zero-order valence-corrected chi connectivity index (χ0v) is 22.6. The maximum absolute atomic E-state index is 6.47. The summed E-state index contributed by atoms with van der Waals surface area (Å²) in [5.41, 5.74) is -0.302. The molecule has 29 heavy (non-hydrogen) atoms. The third-order valence-electron chi connectivity index (χ3n) is 5.31. The van der Waals surface area contributed by atoms with Crippen LogP contribution in [0.25, 0.3) is 0 Å². The van der Waals surface area contributed by atoms with Gasteiger partial charge in [-0.05, 0) is 91.9 Å². The van der Waals surface area contributed by atoms with E-state index in [4.69, 9.17) is 9.47 Å². The van der Waals surface area contributed by atoms with Crippen LogP contribution in [-0.4, -0.2) is 28.2 Å². The van der Waals surface area contributed by atoms with Crippen LogP contribution in [0.4, 0.5) is 0 Å². The van der Waals surface area contributed by atoms with Crippen molar-refractivity contribution in [2.75, 3.05) is 6.61 Å². The molecule has 0 heterocycles. The minimum Gasteiger partial charge on any atom is -0.375 e. The number of ether oxygens (including phenoxy) is 2. The third-order valence-corrected chi connectivity index (χ3v) is 5.47. The second-order valence-corrected chi connectivity index (χ2v) is 13.6. The summed E-state index contributed by atoms with van der Waals surface area (Å²) in [6.07, 6.45) is 9.75. The Bertz CT molecular complexity index is 495. The zero-order chi connectivity index (χ0) is 23.1. The first-order valence-corrected chi connectivity index (χ1v) is 11.9. The van der Waals surface area contributed by atoms with Crippen LogP contribution < -0.4 is 0 Å². The summed E-state index contributed by atoms with van der Waals surface area (Å²) in [4.78, 5) is 0. The monoisotopic (exact) mass is 428 g/mol. The molecule has 0 saturated carbocycles. The van der Waals surface area contributed by atoms with Crippen molar-refractivity contribution in [1.29, 1.82) is 0 Å². The van der Waals surface area contributed by atoms with Crippen molar-refractivity contribution < 1.29 is 9.47 Å². The molecule has 0 bridgehead atoms. The molecule has 0 aliphatic rings. The molecule has 0 N–H and O–H groups in total. The quantitative estimate of drug-likeness (QED) is 0.222. The van der Waals surface area contributed by atoms with Gasteiger partial charge in [0.2, 0.25) is 0 Å². The van der Waals surface area contributed by atoms with Gasteiger partial charge < -0.3 is 9.47 Å². The summed E-state index contributed by atoms with van der Waals surface area (Å²) in [5.74, 6) is 0.645. The Balaban J connectivity index is 4.60. The van der Waals surface area contributed by atoms with Crippen molar-refractivity contribution in [2.45, 2.75) is 137 Å². The van der Waals surface area contributed by atoms with Crippen LogP contribution in [0.2, 0.25) is 0 Å². The summed E-state index contributed by atoms with van der Waals surface area (Å²) in [6.45, 7) is 27.3. The predicted molar refractivity (Wildman–Crippen MR) is 133 cm³/mol. The molecule has 0 amide bonds. The fourth-order valence-electron chi connectivity index (χ4n) is 4.79. The maximum Gasteiger partial charge on any atom is 0.0655 e. The normalized spacial score (nSPS) is 15.9. The number of hydrogen-bond acceptors (Lipinski definition) is 3. The molecule has 0 aromatic carbocycles. The van der Waals surface area contributed by atoms with E-state index < -0.39 is 0 Å². The van der Waals surface area contributed by atoms with E-state index in [0.29, 0.717) is 12.5 Å². The third kappa shape index (κ3) is 15.5. The van der Waals surface area contributed by atoms with Crippen LogP contribution in [0.15, 0.2) is 12.2 Å². The molecule has 0 saturated heterocycles. The number of hydrogen-bond donors (Lipinski definition) is 1. The van der Waals surface area contributed by atoms with E-state index in [1.54, 1.807) is 0 Å². The maximum atomic E-state index is 6.47. The van der Waals surface area contributed by atoms with Crippen LogP contribution in [0.3, 0.4) is 0 Å². The van der Waals surface area contributed by atoms with Gasteiger partial charge in [-0.2, -0.15) is 12.6 Å². The van der Waals surface area contributed by atoms with Crippen LogP contribution in [0, 0.1) is 11.3 Å². The first-order valence-electron chi connectivity index (χ1n) is 11.5. The van der Waals surface area contributed by atoms with Gasteiger partial charge in [0, 0.05) is 4.75 Å². The highest BCUT2D eigenvalue weighted by atomic mass is 32.1. The zero-order valence-electron chi connectivity index (χ0n) is 21.7. The summed E-state index contributed by atoms with van der Waals surface area (Å²) >= 11 is 4.68. The van der Waals surface area contributed by atoms with E-state index in [1.165, 1.54) is 12.8 Å². The standard InChI is InChI=1S/C26H52O2S/c1-13-14-21(2)15-16-22(3,4)19-24(7,8)27-18-17-23(5,6)28-25(9,10)20-26(11,12)29/h13-14,21,29H,15-20H2,1-12H3. The molecule has 3 heteroatoms. The molecule has 1 atom stereocenters. The van der Waals surface area contributed by atoms with Gasteiger partial charge in [-0.3, -0.25) is 0 Å². The average molecular weight is 429 g/mol. The van der Waals surface area contributed by atoms with E-state index >= 15 is 0 Å². The lowest BCUT2D eigenvalue weighted by molar-refractivity contribution is -0.146. The molecule has 0 aliphatic carbocycles. The minimum absolute atomic E-state index is 0.0475. The molecule has 0 fully saturated rings. The molecule has 0 spiro atoms. The van der Waals surface area contributed by atoms with E-state index in [-0.39, 0.29) is 27.0 Å². The smallest absolute Gasteiger partial charge is 0.0655 e. The van der Waals surface area contributed by atoms with Crippen molar-refractivity contribution in [3.63, 3.8) is 0 Å². The Morgan fingerprint density at radius 3 is 1.83 bits per heavy atom. The molecular weight excluding hydrogens is 376 g/mol. The topological polar surface area (TPSA) is 18.5 Å². The second kappa shape index (κ2) is 11.0. The van der Waals surface area contributed by atoms with Crippen LogP contribution in [0.1, 0.15) is 115 Å². The molecule has 2 nitrogen and oxygen atoms in total. The second-order valence-electron chi connectivity index (χ2n) is 12.4. The molecule has 174 valence electrons. The van der Waals surface area contributed by atoms with Crippen LogP contribution in [0.5, 0.6) is 0 Å². The fourth-order valence-corrected chi connectivity index (χ4v) is 5.17. The van der Waals surface area contributed by atoms with Gasteiger partial charge in [0.1, 0.15) is 0 Å². The Morgan fingerprint density at radius 2 is 1.34 bits per heavy atom. The molecule has 1 unspecified atom stereocenters. The lowest BCUT2D eigenvalue weighted by atomic mass is 9.77. The van der Waals surface area contributed by atoms with Gasteiger partial charge in [-0.25, -0.2) is 0 Å². The van der Waals surface area contributed by atoms with E-state index in [0.717, 1.165) is 19.3 Å². The number of thiol groups is 1. The van der Waals surface area contributed by atoms with E-state index in [2.05, 4.69) is 108 Å². The fraction of sp³-hybridized carbons (Fsp3) is 0.923. The van der Waals surface area contributed by atoms with Crippen molar-refractivity contribution in [1.82, 2.24) is 0 Å². The first-order chi connectivity index (χ1) is 12.8. The summed E-state index contributed by atoms with van der Waals surface area (Å²) in [5, 5.41) is 0. The van der Waals surface area contributed by atoms with Gasteiger partial charge in [-0.15, -0.1) is 0 Å². The minimum atomic E-state index is -0.226. The van der Waals surface area contributed by atoms with Crippen molar-refractivity contribution in [3.8, 4) is 0 Å². The summed E-state index contributed by atoms with van der Waals surface area (Å²) in [6, 6.07) is 0. The molecule has 0 radical (unpaired) electrons. The van der Waals surface area contributed by atoms with E-state index in [1.807, 2.05) is 0 Å². The first kappa shape index (κ1) is 29.0. The van der Waals surface area contributed by atoms with Gasteiger partial charge >= 0.3 is 0 Å². The summed E-state index contributed by atoms with van der Waals surface area (Å²) < 4.78 is 12.8. The molecule has 0 rings (SSSR count). The Labute approximate surface area is 189 Å². The largest absolute Gasteiger partial charge is 0.375 e. The highest BCUT2D eigenvalue weighted by Gasteiger charge is 2.34. The Hall–Kier alpha value is 0.0100. The van der Waals surface area contributed by atoms with Gasteiger partial charge in [0.05, 0.1) is 23.4 Å². The molecule has 0 aromatic rings. The molecular formula is C26H52O2S. The predicted octanol–water partition coefficient (Wildman–Crippen LogP) is 8.25. The number of rotatable bonds is 14. The lowest BCUT2D eigenvalue weighted by Gasteiger charge is -2.40. The van der Waals surface area contributed by atoms with Gasteiger partial charge in [0.15, 0.2) is 0 Å². The van der Waals surface area contributed by atoms with Crippen molar-refractivity contribution in [2.24, 2.45) is 11.3 Å². The van der Waals surface area contributed by atoms with Gasteiger partial charge in [0.25, 0.3) is 0 Å².